The number of hydrogen-bond donors (Lipinski definition) is 2. The van der Waals surface area contributed by atoms with Gasteiger partial charge in [-0.05, 0) is 47.7 Å². The largest absolute Gasteiger partial charge is 0.497 e. The number of carbonyl (C=O) groups is 1. The van der Waals surface area contributed by atoms with Gasteiger partial charge < -0.3 is 15.4 Å². The molecule has 0 saturated carbocycles. The Morgan fingerprint density at radius 1 is 0.939 bits per heavy atom. The third kappa shape index (κ3) is 3.93. The molecule has 2 N–H and O–H groups in total. The molecule has 3 aromatic carbocycles. The molecule has 7 nitrogen and oxygen atoms in total. The Balaban J connectivity index is 1.58. The lowest BCUT2D eigenvalue weighted by atomic mass is 9.78. The van der Waals surface area contributed by atoms with Crippen LogP contribution >= 0.6 is 0 Å². The van der Waals surface area contributed by atoms with E-state index in [0.29, 0.717) is 18.4 Å². The minimum Gasteiger partial charge on any atom is -0.497 e. The summed E-state index contributed by atoms with van der Waals surface area (Å²) in [6, 6.07) is 21.9. The van der Waals surface area contributed by atoms with Crippen LogP contribution in [0.4, 0.5) is 17.1 Å². The molecule has 0 aromatic heterocycles. The van der Waals surface area contributed by atoms with E-state index >= 15 is 0 Å². The Labute approximate surface area is 191 Å². The van der Waals surface area contributed by atoms with Gasteiger partial charge in [-0.25, -0.2) is 0 Å². The Morgan fingerprint density at radius 3 is 2.42 bits per heavy atom. The number of fused-ring (bicyclic) bond motifs is 1. The fourth-order valence-electron chi connectivity index (χ4n) is 4.67. The first-order valence-corrected chi connectivity index (χ1v) is 10.8. The van der Waals surface area contributed by atoms with Gasteiger partial charge in [0.15, 0.2) is 5.78 Å². The van der Waals surface area contributed by atoms with E-state index in [4.69, 9.17) is 4.74 Å². The van der Waals surface area contributed by atoms with Crippen LogP contribution in [0.25, 0.3) is 0 Å². The van der Waals surface area contributed by atoms with E-state index in [2.05, 4.69) is 10.6 Å². The molecule has 2 atom stereocenters. The number of benzene rings is 3. The zero-order valence-electron chi connectivity index (χ0n) is 18.1. The maximum atomic E-state index is 13.5. The van der Waals surface area contributed by atoms with Gasteiger partial charge in [0.2, 0.25) is 0 Å². The van der Waals surface area contributed by atoms with Crippen molar-refractivity contribution >= 4 is 22.8 Å². The van der Waals surface area contributed by atoms with Crippen molar-refractivity contribution < 1.29 is 14.5 Å². The van der Waals surface area contributed by atoms with E-state index < -0.39 is 4.92 Å². The summed E-state index contributed by atoms with van der Waals surface area (Å²) in [5.41, 5.74) is 5.16. The molecule has 33 heavy (non-hydrogen) atoms. The molecule has 0 saturated heterocycles. The molecule has 5 rings (SSSR count). The summed E-state index contributed by atoms with van der Waals surface area (Å²) in [4.78, 5) is 24.4. The second-order valence-corrected chi connectivity index (χ2v) is 8.29. The maximum Gasteiger partial charge on any atom is 0.269 e. The molecule has 1 aliphatic heterocycles. The molecular formula is C26H23N3O4. The molecule has 3 aromatic rings. The second-order valence-electron chi connectivity index (χ2n) is 8.29. The molecule has 7 heteroatoms. The molecule has 0 unspecified atom stereocenters. The van der Waals surface area contributed by atoms with Crippen LogP contribution in [0.2, 0.25) is 0 Å². The number of methoxy groups -OCH3 is 1. The minimum absolute atomic E-state index is 0.0291. The summed E-state index contributed by atoms with van der Waals surface area (Å²) >= 11 is 0. The predicted octanol–water partition coefficient (Wildman–Crippen LogP) is 5.58. The van der Waals surface area contributed by atoms with Gasteiger partial charge in [0.25, 0.3) is 5.69 Å². The lowest BCUT2D eigenvalue weighted by molar-refractivity contribution is -0.384. The molecule has 1 heterocycles. The van der Waals surface area contributed by atoms with E-state index in [1.165, 1.54) is 6.07 Å². The standard InChI is InChI=1S/C26H23N3O4/c1-33-20-11-9-16(10-12-20)26-25-23(27-21-7-2-3-8-22(21)28-26)14-18(15-24(25)30)17-5-4-6-19(13-17)29(31)32/h2-13,18,26-28H,14-15H2,1H3/t18-,26-/m0/s1. The van der Waals surface area contributed by atoms with Crippen LogP contribution in [0.3, 0.4) is 0 Å². The monoisotopic (exact) mass is 441 g/mol. The van der Waals surface area contributed by atoms with Crippen molar-refractivity contribution in [3.63, 3.8) is 0 Å². The predicted molar refractivity (Wildman–Crippen MR) is 127 cm³/mol. The lowest BCUT2D eigenvalue weighted by Crippen LogP contribution is -2.26. The SMILES string of the molecule is COc1ccc([C@@H]2Nc3ccccc3NC3=C2C(=O)C[C@@H](c2cccc([N+](=O)[O-])c2)C3)cc1. The van der Waals surface area contributed by atoms with Gasteiger partial charge >= 0.3 is 0 Å². The number of Topliss-reactive ketones (excluding diaryl/α,β-unsaturated/α-hetero) is 1. The van der Waals surface area contributed by atoms with Gasteiger partial charge in [0.05, 0.1) is 29.4 Å². The first-order chi connectivity index (χ1) is 16.0. The summed E-state index contributed by atoms with van der Waals surface area (Å²) < 4.78 is 5.30. The molecule has 0 amide bonds. The minimum atomic E-state index is -0.400. The number of nitro benzene ring substituents is 1. The summed E-state index contributed by atoms with van der Waals surface area (Å²) in [5, 5.41) is 18.3. The van der Waals surface area contributed by atoms with Crippen molar-refractivity contribution in [2.45, 2.75) is 24.8 Å². The van der Waals surface area contributed by atoms with Crippen molar-refractivity contribution in [2.24, 2.45) is 0 Å². The highest BCUT2D eigenvalue weighted by molar-refractivity contribution is 6.01. The Hall–Kier alpha value is -4.13. The summed E-state index contributed by atoms with van der Waals surface area (Å²) in [6.07, 6.45) is 0.886. The van der Waals surface area contributed by atoms with Crippen LogP contribution in [0.5, 0.6) is 5.75 Å². The van der Waals surface area contributed by atoms with Crippen LogP contribution in [-0.2, 0) is 4.79 Å². The maximum absolute atomic E-state index is 13.5. The normalized spacial score (nSPS) is 19.5. The number of ether oxygens (including phenoxy) is 1. The van der Waals surface area contributed by atoms with Crippen LogP contribution in [0, 0.1) is 10.1 Å². The van der Waals surface area contributed by atoms with E-state index in [9.17, 15) is 14.9 Å². The van der Waals surface area contributed by atoms with Gasteiger partial charge in [-0.15, -0.1) is 0 Å². The lowest BCUT2D eigenvalue weighted by Gasteiger charge is -2.30. The number of nitrogens with zero attached hydrogens (tertiary/aromatic N) is 1. The molecule has 2 aliphatic rings. The topological polar surface area (TPSA) is 93.5 Å². The van der Waals surface area contributed by atoms with Crippen LogP contribution in [0.1, 0.15) is 35.9 Å². The van der Waals surface area contributed by atoms with Crippen molar-refractivity contribution in [1.82, 2.24) is 0 Å². The zero-order chi connectivity index (χ0) is 22.9. The van der Waals surface area contributed by atoms with Crippen molar-refractivity contribution in [3.05, 3.63) is 105 Å². The zero-order valence-corrected chi connectivity index (χ0v) is 18.1. The van der Waals surface area contributed by atoms with E-state index in [1.807, 2.05) is 54.6 Å². The van der Waals surface area contributed by atoms with E-state index in [-0.39, 0.29) is 23.4 Å². The number of anilines is 2. The number of rotatable bonds is 4. The number of hydrogen-bond acceptors (Lipinski definition) is 6. The van der Waals surface area contributed by atoms with Gasteiger partial charge in [0.1, 0.15) is 5.75 Å². The summed E-state index contributed by atoms with van der Waals surface area (Å²) in [5.74, 6) is 0.646. The van der Waals surface area contributed by atoms with Crippen molar-refractivity contribution in [1.29, 1.82) is 0 Å². The highest BCUT2D eigenvalue weighted by Crippen LogP contribution is 2.44. The van der Waals surface area contributed by atoms with E-state index in [1.54, 1.807) is 19.2 Å². The van der Waals surface area contributed by atoms with Crippen molar-refractivity contribution in [2.75, 3.05) is 17.7 Å². The first-order valence-electron chi connectivity index (χ1n) is 10.8. The number of allylic oxidation sites excluding steroid dienone is 1. The highest BCUT2D eigenvalue weighted by Gasteiger charge is 2.36. The van der Waals surface area contributed by atoms with Crippen molar-refractivity contribution in [3.8, 4) is 5.75 Å². The average molecular weight is 441 g/mol. The quantitative estimate of drug-likeness (QED) is 0.405. The molecule has 0 spiro atoms. The van der Waals surface area contributed by atoms with Crippen LogP contribution in [-0.4, -0.2) is 17.8 Å². The number of carbonyl (C=O) groups excluding carboxylic acids is 1. The van der Waals surface area contributed by atoms with Gasteiger partial charge in [-0.2, -0.15) is 0 Å². The third-order valence-electron chi connectivity index (χ3n) is 6.31. The molecule has 0 radical (unpaired) electrons. The summed E-state index contributed by atoms with van der Waals surface area (Å²) in [7, 11) is 1.62. The fraction of sp³-hybridized carbons (Fsp3) is 0.192. The number of non-ortho nitro benzene ring substituents is 1. The van der Waals surface area contributed by atoms with Crippen LogP contribution in [0.15, 0.2) is 84.1 Å². The third-order valence-corrected chi connectivity index (χ3v) is 6.31. The Kier molecular flexibility index (Phi) is 5.30. The molecule has 0 bridgehead atoms. The first kappa shape index (κ1) is 20.8. The van der Waals surface area contributed by atoms with Gasteiger partial charge in [-0.3, -0.25) is 14.9 Å². The smallest absolute Gasteiger partial charge is 0.269 e. The molecule has 0 fully saturated rings. The molecular weight excluding hydrogens is 418 g/mol. The molecule has 1 aliphatic carbocycles. The van der Waals surface area contributed by atoms with Gasteiger partial charge in [-0.1, -0.05) is 36.4 Å². The van der Waals surface area contributed by atoms with Gasteiger partial charge in [0, 0.05) is 29.8 Å². The Bertz CT molecular complexity index is 1270. The number of nitrogens with one attached hydrogen (secondary N) is 2. The second kappa shape index (κ2) is 8.43. The van der Waals surface area contributed by atoms with Crippen LogP contribution < -0.4 is 15.4 Å². The molecule has 166 valence electrons. The number of para-hydroxylation sites is 2. The number of ketones is 1. The van der Waals surface area contributed by atoms with E-state index in [0.717, 1.165) is 33.9 Å². The average Bonchev–Trinajstić information content (AvgIpc) is 3.01. The summed E-state index contributed by atoms with van der Waals surface area (Å²) in [6.45, 7) is 0. The highest BCUT2D eigenvalue weighted by atomic mass is 16.6. The number of nitro groups is 1. The fourth-order valence-corrected chi connectivity index (χ4v) is 4.67. The Morgan fingerprint density at radius 2 is 1.70 bits per heavy atom.